The van der Waals surface area contributed by atoms with Gasteiger partial charge in [-0.1, -0.05) is 36.2 Å². The molecule has 6 nitrogen and oxygen atoms in total. The summed E-state index contributed by atoms with van der Waals surface area (Å²) in [5, 5.41) is 7.68. The summed E-state index contributed by atoms with van der Waals surface area (Å²) in [6.45, 7) is 2.65. The Kier molecular flexibility index (Phi) is 7.58. The minimum atomic E-state index is -0.406. The van der Waals surface area contributed by atoms with Gasteiger partial charge >= 0.3 is 0 Å². The van der Waals surface area contributed by atoms with Crippen molar-refractivity contribution in [2.75, 3.05) is 12.5 Å². The molecule has 0 aliphatic heterocycles. The molecular formula is C20H21Cl2FN4O2S. The Hall–Kier alpha value is -2.29. The highest BCUT2D eigenvalue weighted by molar-refractivity contribution is 7.71. The van der Waals surface area contributed by atoms with Gasteiger partial charge in [0, 0.05) is 12.0 Å². The van der Waals surface area contributed by atoms with Gasteiger partial charge in [0.15, 0.2) is 17.3 Å². The molecule has 0 unspecified atom stereocenters. The lowest BCUT2D eigenvalue weighted by Gasteiger charge is -2.16. The SMILES string of the molecule is CCCc1n[nH]c(=S)n1NCc1cc(Cl)c(OCc2ccc(F)cc2Cl)c(OC)c1. The number of H-pyrrole nitrogens is 1. The number of ether oxygens (including phenoxy) is 2. The van der Waals surface area contributed by atoms with Crippen molar-refractivity contribution in [2.24, 2.45) is 0 Å². The van der Waals surface area contributed by atoms with Crippen LogP contribution in [0.4, 0.5) is 4.39 Å². The molecule has 0 bridgehead atoms. The number of methoxy groups -OCH3 is 1. The van der Waals surface area contributed by atoms with Crippen LogP contribution >= 0.6 is 35.4 Å². The first-order valence-electron chi connectivity index (χ1n) is 9.26. The lowest BCUT2D eigenvalue weighted by molar-refractivity contribution is 0.284. The van der Waals surface area contributed by atoms with E-state index in [0.717, 1.165) is 24.2 Å². The summed E-state index contributed by atoms with van der Waals surface area (Å²) in [5.74, 6) is 1.28. The maximum absolute atomic E-state index is 13.2. The van der Waals surface area contributed by atoms with E-state index in [1.165, 1.54) is 19.2 Å². The van der Waals surface area contributed by atoms with Gasteiger partial charge in [-0.15, -0.1) is 0 Å². The van der Waals surface area contributed by atoms with Crippen LogP contribution in [0.15, 0.2) is 30.3 Å². The van der Waals surface area contributed by atoms with Crippen molar-refractivity contribution < 1.29 is 13.9 Å². The maximum atomic E-state index is 13.2. The lowest BCUT2D eigenvalue weighted by atomic mass is 10.2. The average molecular weight is 471 g/mol. The van der Waals surface area contributed by atoms with E-state index >= 15 is 0 Å². The van der Waals surface area contributed by atoms with Crippen LogP contribution in [0.3, 0.4) is 0 Å². The Morgan fingerprint density at radius 3 is 2.73 bits per heavy atom. The Morgan fingerprint density at radius 2 is 2.03 bits per heavy atom. The summed E-state index contributed by atoms with van der Waals surface area (Å²) < 4.78 is 26.7. The minimum absolute atomic E-state index is 0.122. The normalized spacial score (nSPS) is 10.8. The highest BCUT2D eigenvalue weighted by atomic mass is 35.5. The third-order valence-corrected chi connectivity index (χ3v) is 5.24. The van der Waals surface area contributed by atoms with Crippen molar-refractivity contribution in [1.82, 2.24) is 14.9 Å². The fourth-order valence-corrected chi connectivity index (χ4v) is 3.58. The molecule has 0 fully saturated rings. The predicted molar refractivity (Wildman–Crippen MR) is 118 cm³/mol. The zero-order valence-corrected chi connectivity index (χ0v) is 18.8. The molecule has 0 spiro atoms. The highest BCUT2D eigenvalue weighted by Crippen LogP contribution is 2.37. The molecule has 0 aliphatic rings. The second-order valence-electron chi connectivity index (χ2n) is 6.50. The van der Waals surface area contributed by atoms with Crippen molar-refractivity contribution in [3.8, 4) is 11.5 Å². The van der Waals surface area contributed by atoms with Gasteiger partial charge < -0.3 is 14.9 Å². The third kappa shape index (κ3) is 5.24. The van der Waals surface area contributed by atoms with Gasteiger partial charge in [-0.2, -0.15) is 5.10 Å². The Bertz CT molecular complexity index is 1090. The molecule has 2 N–H and O–H groups in total. The first kappa shape index (κ1) is 22.4. The zero-order chi connectivity index (χ0) is 21.7. The van der Waals surface area contributed by atoms with Gasteiger partial charge in [0.25, 0.3) is 0 Å². The highest BCUT2D eigenvalue weighted by Gasteiger charge is 2.14. The van der Waals surface area contributed by atoms with Crippen LogP contribution in [0, 0.1) is 10.6 Å². The van der Waals surface area contributed by atoms with Crippen LogP contribution in [0.5, 0.6) is 11.5 Å². The molecule has 0 saturated carbocycles. The summed E-state index contributed by atoms with van der Waals surface area (Å²) in [6, 6.07) is 7.73. The second kappa shape index (κ2) is 10.1. The average Bonchev–Trinajstić information content (AvgIpc) is 3.06. The number of hydrogen-bond acceptors (Lipinski definition) is 5. The van der Waals surface area contributed by atoms with Crippen LogP contribution in [-0.4, -0.2) is 22.0 Å². The number of aromatic nitrogens is 3. The van der Waals surface area contributed by atoms with Crippen LogP contribution in [0.2, 0.25) is 10.0 Å². The quantitative estimate of drug-likeness (QED) is 0.394. The summed E-state index contributed by atoms with van der Waals surface area (Å²) in [6.07, 6.45) is 1.74. The molecule has 2 aromatic carbocycles. The minimum Gasteiger partial charge on any atom is -0.493 e. The molecule has 0 saturated heterocycles. The molecule has 0 amide bonds. The number of aromatic amines is 1. The molecule has 3 rings (SSSR count). The number of aryl methyl sites for hydroxylation is 1. The number of hydrogen-bond donors (Lipinski definition) is 2. The smallest absolute Gasteiger partial charge is 0.214 e. The van der Waals surface area contributed by atoms with Crippen molar-refractivity contribution in [2.45, 2.75) is 32.9 Å². The van der Waals surface area contributed by atoms with Crippen molar-refractivity contribution in [1.29, 1.82) is 0 Å². The topological polar surface area (TPSA) is 64.1 Å². The Morgan fingerprint density at radius 1 is 1.23 bits per heavy atom. The molecule has 1 aromatic heterocycles. The number of benzene rings is 2. The number of nitrogens with zero attached hydrogens (tertiary/aromatic N) is 2. The van der Waals surface area contributed by atoms with Gasteiger partial charge in [0.1, 0.15) is 12.4 Å². The molecule has 0 radical (unpaired) electrons. The fourth-order valence-electron chi connectivity index (χ4n) is 2.86. The van der Waals surface area contributed by atoms with Crippen LogP contribution in [0.1, 0.15) is 30.3 Å². The van der Waals surface area contributed by atoms with E-state index in [1.54, 1.807) is 16.8 Å². The van der Waals surface area contributed by atoms with E-state index < -0.39 is 5.82 Å². The zero-order valence-electron chi connectivity index (χ0n) is 16.5. The van der Waals surface area contributed by atoms with Gasteiger partial charge in [-0.3, -0.25) is 5.10 Å². The van der Waals surface area contributed by atoms with Gasteiger partial charge in [0.2, 0.25) is 4.77 Å². The third-order valence-electron chi connectivity index (χ3n) is 4.33. The van der Waals surface area contributed by atoms with Crippen LogP contribution in [-0.2, 0) is 19.6 Å². The van der Waals surface area contributed by atoms with E-state index in [1.807, 2.05) is 6.07 Å². The molecule has 160 valence electrons. The van der Waals surface area contributed by atoms with E-state index in [2.05, 4.69) is 22.5 Å². The van der Waals surface area contributed by atoms with Gasteiger partial charge in [-0.05, 0) is 48.5 Å². The van der Waals surface area contributed by atoms with Gasteiger partial charge in [0.05, 0.1) is 23.7 Å². The summed E-state index contributed by atoms with van der Waals surface area (Å²) in [7, 11) is 1.53. The summed E-state index contributed by atoms with van der Waals surface area (Å²) in [5.41, 5.74) is 4.75. The van der Waals surface area contributed by atoms with E-state index in [4.69, 9.17) is 44.9 Å². The molecule has 3 aromatic rings. The van der Waals surface area contributed by atoms with Crippen molar-refractivity contribution >= 4 is 35.4 Å². The van der Waals surface area contributed by atoms with Crippen molar-refractivity contribution in [3.63, 3.8) is 0 Å². The second-order valence-corrected chi connectivity index (χ2v) is 7.70. The molecule has 0 atom stereocenters. The number of rotatable bonds is 9. The van der Waals surface area contributed by atoms with Crippen LogP contribution in [0.25, 0.3) is 0 Å². The van der Waals surface area contributed by atoms with Crippen molar-refractivity contribution in [3.05, 3.63) is 67.9 Å². The Labute approximate surface area is 188 Å². The standard InChI is InChI=1S/C20H21Cl2FN4O2S/c1-3-4-18-25-26-20(30)27(18)24-10-12-7-16(22)19(17(8-12)28-2)29-11-13-5-6-14(23)9-15(13)21/h5-9,24H,3-4,10-11H2,1-2H3,(H,26,30). The molecule has 10 heteroatoms. The van der Waals surface area contributed by atoms with E-state index in [9.17, 15) is 4.39 Å². The molecular weight excluding hydrogens is 450 g/mol. The van der Waals surface area contributed by atoms with E-state index in [-0.39, 0.29) is 11.6 Å². The summed E-state index contributed by atoms with van der Waals surface area (Å²) >= 11 is 17.8. The predicted octanol–water partition coefficient (Wildman–Crippen LogP) is 5.67. The first-order chi connectivity index (χ1) is 14.4. The Balaban J connectivity index is 1.75. The lowest BCUT2D eigenvalue weighted by Crippen LogP contribution is -2.17. The largest absolute Gasteiger partial charge is 0.493 e. The van der Waals surface area contributed by atoms with Gasteiger partial charge in [-0.25, -0.2) is 9.07 Å². The van der Waals surface area contributed by atoms with E-state index in [0.29, 0.717) is 33.4 Å². The monoisotopic (exact) mass is 470 g/mol. The molecule has 1 heterocycles. The fraction of sp³-hybridized carbons (Fsp3) is 0.300. The molecule has 30 heavy (non-hydrogen) atoms. The summed E-state index contributed by atoms with van der Waals surface area (Å²) in [4.78, 5) is 0. The maximum Gasteiger partial charge on any atom is 0.214 e. The number of halogens is 3. The van der Waals surface area contributed by atoms with Crippen LogP contribution < -0.4 is 14.9 Å². The molecule has 0 aliphatic carbocycles. The number of nitrogens with one attached hydrogen (secondary N) is 2. The first-order valence-corrected chi connectivity index (χ1v) is 10.4.